The highest BCUT2D eigenvalue weighted by atomic mass is 16.5. The lowest BCUT2D eigenvalue weighted by Gasteiger charge is -2.07. The minimum absolute atomic E-state index is 0.154. The molecule has 0 unspecified atom stereocenters. The molecule has 0 fully saturated rings. The van der Waals surface area contributed by atoms with Crippen LogP contribution < -0.4 is 0 Å². The molecule has 0 N–H and O–H groups in total. The summed E-state index contributed by atoms with van der Waals surface area (Å²) in [5, 5.41) is 4.02. The first kappa shape index (κ1) is 9.33. The molecule has 0 bridgehead atoms. The first-order chi connectivity index (χ1) is 7.86. The van der Waals surface area contributed by atoms with E-state index < -0.39 is 0 Å². The Kier molecular flexibility index (Phi) is 2.10. The number of nitrogens with zero attached hydrogens (tertiary/aromatic N) is 1. The van der Waals surface area contributed by atoms with Crippen LogP contribution in [0.2, 0.25) is 0 Å². The summed E-state index contributed by atoms with van der Waals surface area (Å²) in [6.45, 7) is 0. The van der Waals surface area contributed by atoms with Crippen LogP contribution in [0, 0.1) is 0 Å². The van der Waals surface area contributed by atoms with E-state index in [9.17, 15) is 4.79 Å². The minimum atomic E-state index is 0.154. The summed E-state index contributed by atoms with van der Waals surface area (Å²) in [5.74, 6) is 0.899. The smallest absolute Gasteiger partial charge is 0.168 e. The molecule has 80 valence electrons. The van der Waals surface area contributed by atoms with Gasteiger partial charge in [0.2, 0.25) is 0 Å². The predicted octanol–water partition coefficient (Wildman–Crippen LogP) is 2.86. The van der Waals surface area contributed by atoms with Crippen LogP contribution in [-0.2, 0) is 6.42 Å². The van der Waals surface area contributed by atoms with Gasteiger partial charge >= 0.3 is 0 Å². The van der Waals surface area contributed by atoms with Crippen molar-refractivity contribution in [1.29, 1.82) is 0 Å². The number of carbonyl (C=O) groups is 1. The molecule has 2 aromatic rings. The lowest BCUT2D eigenvalue weighted by atomic mass is 9.93. The molecule has 16 heavy (non-hydrogen) atoms. The number of hydrogen-bond acceptors (Lipinski definition) is 3. The Hall–Kier alpha value is -1.90. The van der Waals surface area contributed by atoms with Gasteiger partial charge in [-0.2, -0.15) is 0 Å². The maximum absolute atomic E-state index is 11.8. The van der Waals surface area contributed by atoms with Crippen molar-refractivity contribution in [1.82, 2.24) is 5.16 Å². The zero-order chi connectivity index (χ0) is 11.0. The number of rotatable bonds is 1. The lowest BCUT2D eigenvalue weighted by molar-refractivity contribution is 0.0969. The van der Waals surface area contributed by atoms with Crippen LogP contribution in [0.15, 0.2) is 34.9 Å². The van der Waals surface area contributed by atoms with Crippen LogP contribution in [0.25, 0.3) is 11.3 Å². The fraction of sp³-hybridized carbons (Fsp3) is 0.231. The van der Waals surface area contributed by atoms with Gasteiger partial charge in [0.25, 0.3) is 0 Å². The zero-order valence-electron chi connectivity index (χ0n) is 8.77. The molecule has 1 aromatic carbocycles. The standard InChI is InChI=1S/C13H11NO2/c15-10-7-4-8-11-12(10)13(14-16-11)9-5-2-1-3-6-9/h1-3,5-6H,4,7-8H2. The van der Waals surface area contributed by atoms with E-state index in [0.29, 0.717) is 17.7 Å². The maximum atomic E-state index is 11.8. The third-order valence-corrected chi connectivity index (χ3v) is 2.90. The van der Waals surface area contributed by atoms with E-state index in [-0.39, 0.29) is 5.78 Å². The molecular weight excluding hydrogens is 202 g/mol. The second-order valence-corrected chi connectivity index (χ2v) is 3.97. The van der Waals surface area contributed by atoms with E-state index in [4.69, 9.17) is 4.52 Å². The van der Waals surface area contributed by atoms with E-state index in [1.54, 1.807) is 0 Å². The minimum Gasteiger partial charge on any atom is -0.360 e. The highest BCUT2D eigenvalue weighted by Gasteiger charge is 2.26. The molecule has 3 heteroatoms. The van der Waals surface area contributed by atoms with E-state index in [1.165, 1.54) is 0 Å². The maximum Gasteiger partial charge on any atom is 0.168 e. The summed E-state index contributed by atoms with van der Waals surface area (Å²) in [6.07, 6.45) is 2.30. The second kappa shape index (κ2) is 3.59. The molecule has 0 saturated carbocycles. The molecule has 0 atom stereocenters. The average molecular weight is 213 g/mol. The van der Waals surface area contributed by atoms with Crippen molar-refractivity contribution >= 4 is 5.78 Å². The highest BCUT2D eigenvalue weighted by molar-refractivity contribution is 6.03. The lowest BCUT2D eigenvalue weighted by Crippen LogP contribution is -2.09. The number of ketones is 1. The first-order valence-corrected chi connectivity index (χ1v) is 5.43. The molecule has 0 spiro atoms. The van der Waals surface area contributed by atoms with Gasteiger partial charge in [0, 0.05) is 18.4 Å². The van der Waals surface area contributed by atoms with Crippen LogP contribution in [0.1, 0.15) is 29.0 Å². The number of aryl methyl sites for hydroxylation is 1. The molecule has 1 heterocycles. The summed E-state index contributed by atoms with van der Waals surface area (Å²) in [5.41, 5.74) is 2.33. The van der Waals surface area contributed by atoms with Crippen molar-refractivity contribution in [2.45, 2.75) is 19.3 Å². The number of benzene rings is 1. The Balaban J connectivity index is 2.16. The monoisotopic (exact) mass is 213 g/mol. The number of hydrogen-bond donors (Lipinski definition) is 0. The molecule has 0 radical (unpaired) electrons. The largest absolute Gasteiger partial charge is 0.360 e. The van der Waals surface area contributed by atoms with Crippen LogP contribution in [0.3, 0.4) is 0 Å². The third kappa shape index (κ3) is 1.36. The van der Waals surface area contributed by atoms with E-state index >= 15 is 0 Å². The van der Waals surface area contributed by atoms with Crippen LogP contribution in [-0.4, -0.2) is 10.9 Å². The number of carbonyl (C=O) groups excluding carboxylic acids is 1. The summed E-state index contributed by atoms with van der Waals surface area (Å²) < 4.78 is 5.24. The Morgan fingerprint density at radius 3 is 2.75 bits per heavy atom. The van der Waals surface area contributed by atoms with Crippen molar-refractivity contribution in [3.05, 3.63) is 41.7 Å². The number of aromatic nitrogens is 1. The quantitative estimate of drug-likeness (QED) is 0.731. The highest BCUT2D eigenvalue weighted by Crippen LogP contribution is 2.30. The number of Topliss-reactive ketones (excluding diaryl/α,β-unsaturated/α-hetero) is 1. The zero-order valence-corrected chi connectivity index (χ0v) is 8.77. The van der Waals surface area contributed by atoms with Gasteiger partial charge in [0.05, 0.1) is 5.56 Å². The van der Waals surface area contributed by atoms with Gasteiger partial charge in [0.15, 0.2) is 5.78 Å². The molecule has 3 rings (SSSR count). The van der Waals surface area contributed by atoms with Crippen LogP contribution in [0.5, 0.6) is 0 Å². The summed E-state index contributed by atoms with van der Waals surface area (Å²) in [4.78, 5) is 11.8. The van der Waals surface area contributed by atoms with E-state index in [1.807, 2.05) is 30.3 Å². The van der Waals surface area contributed by atoms with Crippen molar-refractivity contribution in [3.8, 4) is 11.3 Å². The van der Waals surface area contributed by atoms with Crippen molar-refractivity contribution in [2.24, 2.45) is 0 Å². The van der Waals surface area contributed by atoms with Crippen molar-refractivity contribution in [3.63, 3.8) is 0 Å². The van der Waals surface area contributed by atoms with Gasteiger partial charge in [-0.15, -0.1) is 0 Å². The number of fused-ring (bicyclic) bond motifs is 1. The summed E-state index contributed by atoms with van der Waals surface area (Å²) in [7, 11) is 0. The SMILES string of the molecule is O=C1CCCc2onc(-c3ccccc3)c21. The summed E-state index contributed by atoms with van der Waals surface area (Å²) in [6, 6.07) is 9.70. The van der Waals surface area contributed by atoms with Crippen LogP contribution in [0.4, 0.5) is 0 Å². The Labute approximate surface area is 93.1 Å². The second-order valence-electron chi connectivity index (χ2n) is 3.97. The molecule has 0 aliphatic heterocycles. The van der Waals surface area contributed by atoms with Crippen molar-refractivity contribution in [2.75, 3.05) is 0 Å². The van der Waals surface area contributed by atoms with Gasteiger partial charge in [-0.25, -0.2) is 0 Å². The molecular formula is C13H11NO2. The van der Waals surface area contributed by atoms with Gasteiger partial charge in [-0.05, 0) is 6.42 Å². The Morgan fingerprint density at radius 1 is 1.12 bits per heavy atom. The van der Waals surface area contributed by atoms with Gasteiger partial charge < -0.3 is 4.52 Å². The molecule has 1 aliphatic rings. The topological polar surface area (TPSA) is 43.1 Å². The Bertz CT molecular complexity index is 528. The first-order valence-electron chi connectivity index (χ1n) is 5.43. The van der Waals surface area contributed by atoms with E-state index in [0.717, 1.165) is 24.2 Å². The average Bonchev–Trinajstić information content (AvgIpc) is 2.75. The molecule has 1 aliphatic carbocycles. The van der Waals surface area contributed by atoms with E-state index in [2.05, 4.69) is 5.16 Å². The fourth-order valence-electron chi connectivity index (χ4n) is 2.11. The van der Waals surface area contributed by atoms with Gasteiger partial charge in [-0.1, -0.05) is 35.5 Å². The normalized spacial score (nSPS) is 14.9. The van der Waals surface area contributed by atoms with Crippen molar-refractivity contribution < 1.29 is 9.32 Å². The molecule has 1 aromatic heterocycles. The van der Waals surface area contributed by atoms with Gasteiger partial charge in [-0.3, -0.25) is 4.79 Å². The van der Waals surface area contributed by atoms with Gasteiger partial charge in [0.1, 0.15) is 11.5 Å². The molecule has 0 saturated heterocycles. The van der Waals surface area contributed by atoms with Crippen LogP contribution >= 0.6 is 0 Å². The molecule has 0 amide bonds. The Morgan fingerprint density at radius 2 is 1.94 bits per heavy atom. The third-order valence-electron chi connectivity index (χ3n) is 2.90. The summed E-state index contributed by atoms with van der Waals surface area (Å²) >= 11 is 0. The molecule has 3 nitrogen and oxygen atoms in total. The predicted molar refractivity (Wildman–Crippen MR) is 59.2 cm³/mol. The fourth-order valence-corrected chi connectivity index (χ4v) is 2.11.